The van der Waals surface area contributed by atoms with Gasteiger partial charge in [-0.1, -0.05) is 48.0 Å². The van der Waals surface area contributed by atoms with Crippen molar-refractivity contribution in [2.75, 3.05) is 0 Å². The number of rotatable bonds is 4. The van der Waals surface area contributed by atoms with E-state index in [-0.39, 0.29) is 10.7 Å². The van der Waals surface area contributed by atoms with Gasteiger partial charge in [-0.25, -0.2) is 0 Å². The summed E-state index contributed by atoms with van der Waals surface area (Å²) < 4.78 is 2.11. The highest BCUT2D eigenvalue weighted by molar-refractivity contribution is 7.80. The van der Waals surface area contributed by atoms with Gasteiger partial charge in [-0.2, -0.15) is 0 Å². The van der Waals surface area contributed by atoms with Crippen molar-refractivity contribution in [1.82, 2.24) is 14.8 Å². The molecule has 2 heterocycles. The summed E-state index contributed by atoms with van der Waals surface area (Å²) in [5, 5.41) is 2.78. The number of aryl methyl sites for hydroxylation is 2. The first-order valence-electron chi connectivity index (χ1n) is 10.0. The van der Waals surface area contributed by atoms with Gasteiger partial charge < -0.3 is 4.57 Å². The molecule has 1 N–H and O–H groups in total. The lowest BCUT2D eigenvalue weighted by Crippen LogP contribution is -2.53. The second kappa shape index (κ2) is 8.32. The summed E-state index contributed by atoms with van der Waals surface area (Å²) in [4.78, 5) is 27.2. The van der Waals surface area contributed by atoms with E-state index in [1.54, 1.807) is 6.08 Å². The van der Waals surface area contributed by atoms with Gasteiger partial charge in [0.1, 0.15) is 5.57 Å². The highest BCUT2D eigenvalue weighted by Gasteiger charge is 2.33. The van der Waals surface area contributed by atoms with E-state index in [9.17, 15) is 9.59 Å². The molecule has 3 aromatic rings. The fourth-order valence-corrected chi connectivity index (χ4v) is 4.02. The normalized spacial score (nSPS) is 15.5. The monoisotopic (exact) mass is 429 g/mol. The average Bonchev–Trinajstić information content (AvgIpc) is 3.03. The fourth-order valence-electron chi connectivity index (χ4n) is 3.78. The van der Waals surface area contributed by atoms with Crippen LogP contribution in [0.2, 0.25) is 0 Å². The van der Waals surface area contributed by atoms with E-state index < -0.39 is 11.8 Å². The molecule has 2 amide bonds. The van der Waals surface area contributed by atoms with E-state index in [0.717, 1.165) is 28.2 Å². The molecule has 1 saturated heterocycles. The van der Waals surface area contributed by atoms with Crippen molar-refractivity contribution in [3.8, 4) is 5.69 Å². The lowest BCUT2D eigenvalue weighted by Gasteiger charge is -2.29. The van der Waals surface area contributed by atoms with E-state index >= 15 is 0 Å². The molecular formula is C25H23N3O2S. The van der Waals surface area contributed by atoms with E-state index in [4.69, 9.17) is 12.2 Å². The highest BCUT2D eigenvalue weighted by Crippen LogP contribution is 2.25. The third kappa shape index (κ3) is 4.07. The first-order chi connectivity index (χ1) is 14.8. The summed E-state index contributed by atoms with van der Waals surface area (Å²) in [7, 11) is 0. The van der Waals surface area contributed by atoms with Crippen LogP contribution in [0, 0.1) is 20.8 Å². The second-order valence-electron chi connectivity index (χ2n) is 7.69. The lowest BCUT2D eigenvalue weighted by atomic mass is 10.1. The molecule has 1 aliphatic rings. The largest absolute Gasteiger partial charge is 0.318 e. The standard InChI is InChI=1S/C25H23N3O2S/c1-16-9-11-21(12-10-16)28-17(2)13-20(18(28)3)14-22-23(29)26-25(31)27(24(22)30)15-19-7-5-4-6-8-19/h4-14H,15H2,1-3H3,(H,26,29,31). The minimum Gasteiger partial charge on any atom is -0.318 e. The Labute approximate surface area is 187 Å². The molecule has 156 valence electrons. The Morgan fingerprint density at radius 2 is 1.65 bits per heavy atom. The molecule has 4 rings (SSSR count). The molecule has 2 aromatic carbocycles. The van der Waals surface area contributed by atoms with Crippen LogP contribution in [0.25, 0.3) is 11.8 Å². The number of nitrogens with zero attached hydrogens (tertiary/aromatic N) is 2. The van der Waals surface area contributed by atoms with E-state index in [1.807, 2.05) is 57.2 Å². The van der Waals surface area contributed by atoms with Crippen LogP contribution < -0.4 is 5.32 Å². The number of hydrogen-bond acceptors (Lipinski definition) is 3. The van der Waals surface area contributed by atoms with E-state index in [1.165, 1.54) is 10.5 Å². The molecule has 0 unspecified atom stereocenters. The van der Waals surface area contributed by atoms with Crippen molar-refractivity contribution < 1.29 is 9.59 Å². The Kier molecular flexibility index (Phi) is 5.57. The molecular weight excluding hydrogens is 406 g/mol. The predicted molar refractivity (Wildman–Crippen MR) is 126 cm³/mol. The van der Waals surface area contributed by atoms with Gasteiger partial charge in [0.25, 0.3) is 11.8 Å². The van der Waals surface area contributed by atoms with Gasteiger partial charge in [-0.05, 0) is 68.4 Å². The smallest absolute Gasteiger partial charge is 0.265 e. The van der Waals surface area contributed by atoms with Crippen molar-refractivity contribution in [2.45, 2.75) is 27.3 Å². The predicted octanol–water partition coefficient (Wildman–Crippen LogP) is 4.23. The van der Waals surface area contributed by atoms with Gasteiger partial charge in [-0.3, -0.25) is 19.8 Å². The molecule has 6 heteroatoms. The molecule has 1 aliphatic heterocycles. The molecule has 0 aliphatic carbocycles. The van der Waals surface area contributed by atoms with Crippen molar-refractivity contribution >= 4 is 35.2 Å². The highest BCUT2D eigenvalue weighted by atomic mass is 32.1. The Balaban J connectivity index is 1.69. The average molecular weight is 430 g/mol. The van der Waals surface area contributed by atoms with Crippen LogP contribution in [-0.4, -0.2) is 26.4 Å². The Morgan fingerprint density at radius 1 is 0.968 bits per heavy atom. The zero-order chi connectivity index (χ0) is 22.1. The molecule has 31 heavy (non-hydrogen) atoms. The topological polar surface area (TPSA) is 54.3 Å². The zero-order valence-electron chi connectivity index (χ0n) is 17.7. The maximum atomic E-state index is 13.2. The first-order valence-corrected chi connectivity index (χ1v) is 10.4. The minimum absolute atomic E-state index is 0.0775. The molecule has 1 aromatic heterocycles. The number of benzene rings is 2. The maximum Gasteiger partial charge on any atom is 0.265 e. The Bertz CT molecular complexity index is 1210. The van der Waals surface area contributed by atoms with E-state index in [2.05, 4.69) is 34.1 Å². The van der Waals surface area contributed by atoms with Crippen LogP contribution in [0.5, 0.6) is 0 Å². The zero-order valence-corrected chi connectivity index (χ0v) is 18.5. The van der Waals surface area contributed by atoms with Gasteiger partial charge in [0, 0.05) is 17.1 Å². The van der Waals surface area contributed by atoms with Crippen LogP contribution in [0.4, 0.5) is 0 Å². The van der Waals surface area contributed by atoms with Crippen LogP contribution in [0.1, 0.15) is 28.1 Å². The van der Waals surface area contributed by atoms with Crippen molar-refractivity contribution in [2.24, 2.45) is 0 Å². The van der Waals surface area contributed by atoms with Gasteiger partial charge in [0.05, 0.1) is 6.54 Å². The van der Waals surface area contributed by atoms with Crippen LogP contribution >= 0.6 is 12.2 Å². The number of carbonyl (C=O) groups excluding carboxylic acids is 2. The summed E-state index contributed by atoms with van der Waals surface area (Å²) in [5.74, 6) is -0.864. The number of thiocarbonyl (C=S) groups is 1. The molecule has 0 saturated carbocycles. The summed E-state index contributed by atoms with van der Waals surface area (Å²) in [6.07, 6.45) is 1.66. The summed E-state index contributed by atoms with van der Waals surface area (Å²) in [6.45, 7) is 6.34. The number of nitrogens with one attached hydrogen (secondary N) is 1. The van der Waals surface area contributed by atoms with E-state index in [0.29, 0.717) is 6.54 Å². The summed E-state index contributed by atoms with van der Waals surface area (Å²) in [6, 6.07) is 19.8. The molecule has 1 fully saturated rings. The van der Waals surface area contributed by atoms with Crippen molar-refractivity contribution in [3.05, 3.63) is 94.3 Å². The van der Waals surface area contributed by atoms with Crippen molar-refractivity contribution in [3.63, 3.8) is 0 Å². The Hall–Kier alpha value is -3.51. The second-order valence-corrected chi connectivity index (χ2v) is 8.08. The third-order valence-electron chi connectivity index (χ3n) is 5.43. The third-order valence-corrected chi connectivity index (χ3v) is 5.75. The van der Waals surface area contributed by atoms with Gasteiger partial charge in [0.15, 0.2) is 5.11 Å². The number of amides is 2. The Morgan fingerprint density at radius 3 is 2.32 bits per heavy atom. The number of carbonyl (C=O) groups is 2. The summed E-state index contributed by atoms with van der Waals surface area (Å²) in [5.41, 5.74) is 6.04. The van der Waals surface area contributed by atoms with Gasteiger partial charge >= 0.3 is 0 Å². The van der Waals surface area contributed by atoms with Crippen LogP contribution in [-0.2, 0) is 16.1 Å². The molecule has 0 bridgehead atoms. The molecule has 0 spiro atoms. The summed E-state index contributed by atoms with van der Waals surface area (Å²) >= 11 is 5.26. The fraction of sp³-hybridized carbons (Fsp3) is 0.160. The minimum atomic E-state index is -0.473. The molecule has 0 radical (unpaired) electrons. The quantitative estimate of drug-likeness (QED) is 0.384. The maximum absolute atomic E-state index is 13.2. The van der Waals surface area contributed by atoms with Gasteiger partial charge in [-0.15, -0.1) is 0 Å². The lowest BCUT2D eigenvalue weighted by molar-refractivity contribution is -0.129. The molecule has 0 atom stereocenters. The van der Waals surface area contributed by atoms with Crippen LogP contribution in [0.15, 0.2) is 66.2 Å². The first kappa shape index (κ1) is 20.8. The molecule has 5 nitrogen and oxygen atoms in total. The van der Waals surface area contributed by atoms with Crippen molar-refractivity contribution in [1.29, 1.82) is 0 Å². The number of aromatic nitrogens is 1. The van der Waals surface area contributed by atoms with Crippen LogP contribution in [0.3, 0.4) is 0 Å². The number of hydrogen-bond donors (Lipinski definition) is 1. The van der Waals surface area contributed by atoms with Gasteiger partial charge in [0.2, 0.25) is 0 Å². The SMILES string of the molecule is Cc1ccc(-n2c(C)cc(C=C3C(=O)NC(=S)N(Cc4ccccc4)C3=O)c2C)cc1.